The highest BCUT2D eigenvalue weighted by atomic mass is 32.2. The molecule has 1 amide bonds. The summed E-state index contributed by atoms with van der Waals surface area (Å²) < 4.78 is 56.3. The van der Waals surface area contributed by atoms with Crippen LogP contribution < -0.4 is 4.72 Å². The van der Waals surface area contributed by atoms with Crippen molar-refractivity contribution < 1.29 is 22.0 Å². The van der Waals surface area contributed by atoms with Crippen LogP contribution in [0.2, 0.25) is 0 Å². The Hall–Kier alpha value is -2.32. The van der Waals surface area contributed by atoms with Crippen molar-refractivity contribution in [2.45, 2.75) is 45.2 Å². The first-order valence-corrected chi connectivity index (χ1v) is 12.0. The third-order valence-electron chi connectivity index (χ3n) is 5.56. The number of halogens is 2. The SMILES string of the molecule is CCS(=O)(=O)N[C@@H]1[C@@H](Cc2cccc(-c3ccccc3)c2)N(C(=O)C(C)C)CC1(F)F. The van der Waals surface area contributed by atoms with Crippen molar-refractivity contribution in [1.29, 1.82) is 0 Å². The van der Waals surface area contributed by atoms with Gasteiger partial charge in [0, 0.05) is 5.92 Å². The minimum Gasteiger partial charge on any atom is -0.331 e. The predicted molar refractivity (Wildman–Crippen MR) is 117 cm³/mol. The molecule has 1 N–H and O–H groups in total. The van der Waals surface area contributed by atoms with Gasteiger partial charge in [-0.3, -0.25) is 4.79 Å². The average molecular weight is 451 g/mol. The molecule has 5 nitrogen and oxygen atoms in total. The van der Waals surface area contributed by atoms with Gasteiger partial charge < -0.3 is 4.90 Å². The molecular formula is C23H28F2N2O3S. The third kappa shape index (κ3) is 5.30. The van der Waals surface area contributed by atoms with Gasteiger partial charge in [-0.15, -0.1) is 0 Å². The minimum absolute atomic E-state index is 0.117. The van der Waals surface area contributed by atoms with Gasteiger partial charge in [0.05, 0.1) is 18.3 Å². The monoisotopic (exact) mass is 450 g/mol. The van der Waals surface area contributed by atoms with E-state index in [4.69, 9.17) is 0 Å². The van der Waals surface area contributed by atoms with Crippen LogP contribution in [0, 0.1) is 5.92 Å². The molecule has 3 rings (SSSR count). The smallest absolute Gasteiger partial charge is 0.283 e. The molecule has 0 radical (unpaired) electrons. The number of amides is 1. The largest absolute Gasteiger partial charge is 0.331 e. The molecule has 2 aromatic rings. The Kier molecular flexibility index (Phi) is 6.81. The second kappa shape index (κ2) is 9.04. The summed E-state index contributed by atoms with van der Waals surface area (Å²) in [6.07, 6.45) is 0.117. The van der Waals surface area contributed by atoms with Crippen molar-refractivity contribution in [1.82, 2.24) is 9.62 Å². The zero-order valence-electron chi connectivity index (χ0n) is 17.9. The second-order valence-corrected chi connectivity index (χ2v) is 10.3. The van der Waals surface area contributed by atoms with E-state index in [-0.39, 0.29) is 12.2 Å². The van der Waals surface area contributed by atoms with Crippen LogP contribution in [0.3, 0.4) is 0 Å². The van der Waals surface area contributed by atoms with Crippen LogP contribution in [0.5, 0.6) is 0 Å². The summed E-state index contributed by atoms with van der Waals surface area (Å²) in [5.74, 6) is -4.57. The van der Waals surface area contributed by atoms with Gasteiger partial charge in [-0.25, -0.2) is 21.9 Å². The van der Waals surface area contributed by atoms with E-state index in [1.54, 1.807) is 13.8 Å². The van der Waals surface area contributed by atoms with E-state index in [1.165, 1.54) is 6.92 Å². The Morgan fingerprint density at radius 2 is 1.77 bits per heavy atom. The minimum atomic E-state index is -3.89. The molecule has 1 heterocycles. The van der Waals surface area contributed by atoms with Crippen LogP contribution in [-0.2, 0) is 21.2 Å². The summed E-state index contributed by atoms with van der Waals surface area (Å²) in [7, 11) is -3.89. The molecule has 0 bridgehead atoms. The number of rotatable bonds is 7. The fraction of sp³-hybridized carbons (Fsp3) is 0.435. The van der Waals surface area contributed by atoms with Crippen LogP contribution in [0.15, 0.2) is 54.6 Å². The standard InChI is InChI=1S/C23H28F2N2O3S/c1-4-31(29,30)26-21-20(27(15-23(21,24)25)22(28)16(2)3)14-17-9-8-12-19(13-17)18-10-6-5-7-11-18/h5-13,16,20-21,26H,4,14-15H2,1-3H3/t20-,21-/m1/s1. The maximum absolute atomic E-state index is 14.9. The lowest BCUT2D eigenvalue weighted by atomic mass is 9.96. The molecule has 2 atom stereocenters. The molecule has 1 saturated heterocycles. The molecule has 0 spiro atoms. The number of hydrogen-bond acceptors (Lipinski definition) is 3. The van der Waals surface area contributed by atoms with Crippen LogP contribution in [0.4, 0.5) is 8.78 Å². The van der Waals surface area contributed by atoms with Crippen molar-refractivity contribution >= 4 is 15.9 Å². The topological polar surface area (TPSA) is 66.5 Å². The van der Waals surface area contributed by atoms with Gasteiger partial charge in [-0.2, -0.15) is 0 Å². The number of likely N-dealkylation sites (tertiary alicyclic amines) is 1. The quantitative estimate of drug-likeness (QED) is 0.700. The zero-order chi connectivity index (χ0) is 22.8. The van der Waals surface area contributed by atoms with E-state index in [9.17, 15) is 22.0 Å². The van der Waals surface area contributed by atoms with Crippen LogP contribution >= 0.6 is 0 Å². The van der Waals surface area contributed by atoms with Gasteiger partial charge in [0.15, 0.2) is 0 Å². The fourth-order valence-electron chi connectivity index (χ4n) is 3.90. The maximum atomic E-state index is 14.9. The highest BCUT2D eigenvalue weighted by Crippen LogP contribution is 2.36. The van der Waals surface area contributed by atoms with Gasteiger partial charge in [-0.05, 0) is 30.0 Å². The van der Waals surface area contributed by atoms with Gasteiger partial charge in [0.1, 0.15) is 6.04 Å². The van der Waals surface area contributed by atoms with Crippen molar-refractivity contribution in [2.24, 2.45) is 5.92 Å². The molecule has 168 valence electrons. The van der Waals surface area contributed by atoms with Crippen LogP contribution in [-0.4, -0.2) is 49.5 Å². The number of alkyl halides is 2. The Morgan fingerprint density at radius 1 is 1.13 bits per heavy atom. The number of nitrogens with zero attached hydrogens (tertiary/aromatic N) is 1. The number of nitrogens with one attached hydrogen (secondary N) is 1. The van der Waals surface area contributed by atoms with Crippen LogP contribution in [0.25, 0.3) is 11.1 Å². The maximum Gasteiger partial charge on any atom is 0.283 e. The summed E-state index contributed by atoms with van der Waals surface area (Å²) in [5.41, 5.74) is 2.67. The Morgan fingerprint density at radius 3 is 2.39 bits per heavy atom. The lowest BCUT2D eigenvalue weighted by molar-refractivity contribution is -0.136. The van der Waals surface area contributed by atoms with E-state index < -0.39 is 46.4 Å². The molecule has 31 heavy (non-hydrogen) atoms. The number of benzene rings is 2. The number of carbonyl (C=O) groups is 1. The van der Waals surface area contributed by atoms with E-state index in [1.807, 2.05) is 54.6 Å². The summed E-state index contributed by atoms with van der Waals surface area (Å²) in [6.45, 7) is 3.89. The fourth-order valence-corrected chi connectivity index (χ4v) is 4.78. The second-order valence-electron chi connectivity index (χ2n) is 8.22. The molecule has 1 aliphatic heterocycles. The summed E-state index contributed by atoms with van der Waals surface area (Å²) in [6, 6.07) is 14.5. The van der Waals surface area contributed by atoms with E-state index in [0.29, 0.717) is 0 Å². The van der Waals surface area contributed by atoms with Crippen molar-refractivity contribution in [2.75, 3.05) is 12.3 Å². The van der Waals surface area contributed by atoms with Gasteiger partial charge in [0.25, 0.3) is 5.92 Å². The van der Waals surface area contributed by atoms with E-state index in [2.05, 4.69) is 4.72 Å². The van der Waals surface area contributed by atoms with Gasteiger partial charge >= 0.3 is 0 Å². The zero-order valence-corrected chi connectivity index (χ0v) is 18.7. The highest BCUT2D eigenvalue weighted by Gasteiger charge is 2.57. The average Bonchev–Trinajstić information content (AvgIpc) is 2.98. The van der Waals surface area contributed by atoms with E-state index >= 15 is 0 Å². The predicted octanol–water partition coefficient (Wildman–Crippen LogP) is 3.71. The Balaban J connectivity index is 1.98. The first kappa shape index (κ1) is 23.3. The van der Waals surface area contributed by atoms with Crippen molar-refractivity contribution in [3.8, 4) is 11.1 Å². The Labute approximate surface area is 182 Å². The summed E-state index contributed by atoms with van der Waals surface area (Å²) in [5, 5.41) is 0. The third-order valence-corrected chi connectivity index (χ3v) is 6.94. The lowest BCUT2D eigenvalue weighted by Crippen LogP contribution is -2.53. The lowest BCUT2D eigenvalue weighted by Gasteiger charge is -2.29. The molecule has 2 aromatic carbocycles. The molecule has 0 aromatic heterocycles. The van der Waals surface area contributed by atoms with Crippen LogP contribution in [0.1, 0.15) is 26.3 Å². The summed E-state index contributed by atoms with van der Waals surface area (Å²) >= 11 is 0. The number of carbonyl (C=O) groups excluding carboxylic acids is 1. The van der Waals surface area contributed by atoms with Crippen molar-refractivity contribution in [3.05, 3.63) is 60.2 Å². The van der Waals surface area contributed by atoms with Crippen molar-refractivity contribution in [3.63, 3.8) is 0 Å². The molecule has 0 saturated carbocycles. The Bertz CT molecular complexity index is 1030. The molecular weight excluding hydrogens is 422 g/mol. The normalized spacial score (nSPS) is 20.9. The molecule has 8 heteroatoms. The van der Waals surface area contributed by atoms with Gasteiger partial charge in [0.2, 0.25) is 15.9 Å². The van der Waals surface area contributed by atoms with Gasteiger partial charge in [-0.1, -0.05) is 68.4 Å². The summed E-state index contributed by atoms with van der Waals surface area (Å²) in [4.78, 5) is 13.9. The molecule has 1 fully saturated rings. The first-order chi connectivity index (χ1) is 14.5. The van der Waals surface area contributed by atoms with E-state index in [0.717, 1.165) is 21.6 Å². The molecule has 1 aliphatic rings. The first-order valence-electron chi connectivity index (χ1n) is 10.4. The molecule has 0 aliphatic carbocycles. The number of sulfonamides is 1. The molecule has 0 unspecified atom stereocenters. The number of hydrogen-bond donors (Lipinski definition) is 1. The highest BCUT2D eigenvalue weighted by molar-refractivity contribution is 7.89.